The number of benzene rings is 1. The van der Waals surface area contributed by atoms with E-state index in [-0.39, 0.29) is 18.6 Å². The van der Waals surface area contributed by atoms with Gasteiger partial charge < -0.3 is 19.7 Å². The van der Waals surface area contributed by atoms with Crippen molar-refractivity contribution >= 4 is 0 Å². The zero-order valence-electron chi connectivity index (χ0n) is 10.9. The van der Waals surface area contributed by atoms with Crippen LogP contribution in [0.5, 0.6) is 23.3 Å². The minimum absolute atomic E-state index is 0.135. The molecule has 2 N–H and O–H groups in total. The minimum atomic E-state index is 0.135. The molecule has 1 aromatic carbocycles. The molecule has 0 atom stereocenters. The van der Waals surface area contributed by atoms with Gasteiger partial charge in [0.05, 0.1) is 5.69 Å². The summed E-state index contributed by atoms with van der Waals surface area (Å²) in [5, 5.41) is 20.8. The molecule has 0 saturated heterocycles. The Hall–Kier alpha value is -2.30. The van der Waals surface area contributed by atoms with Crippen LogP contribution in [0.3, 0.4) is 0 Å². The van der Waals surface area contributed by atoms with Crippen molar-refractivity contribution in [2.75, 3.05) is 6.79 Å². The number of fused-ring (bicyclic) bond motifs is 2. The fourth-order valence-corrected chi connectivity index (χ4v) is 3.04. The number of hydrogen-bond acceptors (Lipinski definition) is 4. The molecule has 1 aliphatic heterocycles. The number of nitrogens with zero attached hydrogens (tertiary/aromatic N) is 1. The molecule has 0 unspecified atom stereocenters. The maximum atomic E-state index is 10.4. The predicted octanol–water partition coefficient (Wildman–Crippen LogP) is 2.50. The Labute approximate surface area is 116 Å². The van der Waals surface area contributed by atoms with Gasteiger partial charge in [0.1, 0.15) is 0 Å². The highest BCUT2D eigenvalue weighted by Crippen LogP contribution is 2.42. The van der Waals surface area contributed by atoms with E-state index in [2.05, 4.69) is 0 Å². The number of rotatable bonds is 1. The lowest BCUT2D eigenvalue weighted by Gasteiger charge is -2.09. The summed E-state index contributed by atoms with van der Waals surface area (Å²) < 4.78 is 12.1. The third kappa shape index (κ3) is 1.49. The average molecular weight is 273 g/mol. The second-order valence-corrected chi connectivity index (χ2v) is 5.18. The van der Waals surface area contributed by atoms with Crippen LogP contribution in [0.25, 0.3) is 5.69 Å². The molecule has 0 radical (unpaired) electrons. The zero-order chi connectivity index (χ0) is 13.7. The first-order valence-electron chi connectivity index (χ1n) is 6.80. The third-order valence-electron chi connectivity index (χ3n) is 4.05. The summed E-state index contributed by atoms with van der Waals surface area (Å²) in [7, 11) is 0. The molecule has 2 aromatic rings. The molecule has 5 heteroatoms. The summed E-state index contributed by atoms with van der Waals surface area (Å²) in [4.78, 5) is 0. The lowest BCUT2D eigenvalue weighted by atomic mass is 9.95. The van der Waals surface area contributed by atoms with Gasteiger partial charge in [0.15, 0.2) is 11.5 Å². The standard InChI is InChI=1S/C15H15NO4/c17-14-10-3-1-2-4-11(10)15(18)16(14)9-5-6-12-13(7-9)20-8-19-12/h5-7,17-18H,1-4,8H2. The van der Waals surface area contributed by atoms with E-state index in [9.17, 15) is 10.2 Å². The van der Waals surface area contributed by atoms with Gasteiger partial charge in [-0.2, -0.15) is 0 Å². The molecule has 20 heavy (non-hydrogen) atoms. The lowest BCUT2D eigenvalue weighted by Crippen LogP contribution is -1.98. The maximum absolute atomic E-state index is 10.4. The van der Waals surface area contributed by atoms with E-state index in [1.54, 1.807) is 18.2 Å². The van der Waals surface area contributed by atoms with E-state index in [1.165, 1.54) is 4.57 Å². The van der Waals surface area contributed by atoms with E-state index < -0.39 is 0 Å². The summed E-state index contributed by atoms with van der Waals surface area (Å²) in [5.41, 5.74) is 2.41. The molecular formula is C15H15NO4. The van der Waals surface area contributed by atoms with Crippen molar-refractivity contribution in [2.24, 2.45) is 0 Å². The van der Waals surface area contributed by atoms with Gasteiger partial charge in [-0.1, -0.05) is 0 Å². The molecular weight excluding hydrogens is 258 g/mol. The predicted molar refractivity (Wildman–Crippen MR) is 71.9 cm³/mol. The van der Waals surface area contributed by atoms with Crippen LogP contribution in [0.15, 0.2) is 18.2 Å². The van der Waals surface area contributed by atoms with Gasteiger partial charge in [0, 0.05) is 17.2 Å². The Morgan fingerprint density at radius 2 is 1.55 bits per heavy atom. The van der Waals surface area contributed by atoms with E-state index >= 15 is 0 Å². The number of ether oxygens (including phenoxy) is 2. The maximum Gasteiger partial charge on any atom is 0.231 e. The quantitative estimate of drug-likeness (QED) is 0.838. The topological polar surface area (TPSA) is 63.9 Å². The van der Waals surface area contributed by atoms with Crippen LogP contribution in [-0.2, 0) is 12.8 Å². The van der Waals surface area contributed by atoms with E-state index in [0.29, 0.717) is 17.2 Å². The van der Waals surface area contributed by atoms with Gasteiger partial charge in [-0.05, 0) is 37.8 Å². The van der Waals surface area contributed by atoms with Crippen molar-refractivity contribution < 1.29 is 19.7 Å². The highest BCUT2D eigenvalue weighted by atomic mass is 16.7. The molecule has 0 saturated carbocycles. The van der Waals surface area contributed by atoms with Gasteiger partial charge in [0.2, 0.25) is 18.6 Å². The van der Waals surface area contributed by atoms with Gasteiger partial charge in [-0.25, -0.2) is 0 Å². The molecule has 2 aliphatic rings. The van der Waals surface area contributed by atoms with Crippen molar-refractivity contribution in [3.8, 4) is 28.9 Å². The Kier molecular flexibility index (Phi) is 2.36. The first-order valence-corrected chi connectivity index (χ1v) is 6.80. The summed E-state index contributed by atoms with van der Waals surface area (Å²) in [6.45, 7) is 0.207. The van der Waals surface area contributed by atoms with E-state index in [0.717, 1.165) is 36.8 Å². The first kappa shape index (κ1) is 11.5. The van der Waals surface area contributed by atoms with Crippen LogP contribution in [0.4, 0.5) is 0 Å². The van der Waals surface area contributed by atoms with Crippen LogP contribution < -0.4 is 9.47 Å². The van der Waals surface area contributed by atoms with E-state index in [4.69, 9.17) is 9.47 Å². The van der Waals surface area contributed by atoms with Crippen molar-refractivity contribution in [3.63, 3.8) is 0 Å². The van der Waals surface area contributed by atoms with Gasteiger partial charge in [0.25, 0.3) is 0 Å². The van der Waals surface area contributed by atoms with Crippen molar-refractivity contribution in [3.05, 3.63) is 29.3 Å². The zero-order valence-corrected chi connectivity index (χ0v) is 10.9. The Morgan fingerprint density at radius 3 is 2.25 bits per heavy atom. The second kappa shape index (κ2) is 4.10. The van der Waals surface area contributed by atoms with Crippen LogP contribution in [0.2, 0.25) is 0 Å². The summed E-state index contributed by atoms with van der Waals surface area (Å²) >= 11 is 0. The fraction of sp³-hybridized carbons (Fsp3) is 0.333. The molecule has 4 rings (SSSR count). The molecule has 2 heterocycles. The summed E-state index contributed by atoms with van der Waals surface area (Å²) in [6, 6.07) is 5.36. The van der Waals surface area contributed by atoms with Gasteiger partial charge >= 0.3 is 0 Å². The molecule has 104 valence electrons. The highest BCUT2D eigenvalue weighted by molar-refractivity contribution is 5.57. The molecule has 0 spiro atoms. The number of aromatic hydroxyl groups is 2. The second-order valence-electron chi connectivity index (χ2n) is 5.18. The minimum Gasteiger partial charge on any atom is -0.494 e. The van der Waals surface area contributed by atoms with Crippen LogP contribution >= 0.6 is 0 Å². The largest absolute Gasteiger partial charge is 0.494 e. The Morgan fingerprint density at radius 1 is 0.900 bits per heavy atom. The first-order chi connectivity index (χ1) is 9.75. The molecule has 0 bridgehead atoms. The van der Waals surface area contributed by atoms with Gasteiger partial charge in [-0.3, -0.25) is 4.57 Å². The third-order valence-corrected chi connectivity index (χ3v) is 4.05. The van der Waals surface area contributed by atoms with Crippen LogP contribution in [-0.4, -0.2) is 21.6 Å². The smallest absolute Gasteiger partial charge is 0.231 e. The SMILES string of the molecule is Oc1c2c(c(O)n1-c1ccc3c(c1)OCO3)CCCC2. The van der Waals surface area contributed by atoms with Gasteiger partial charge in [-0.15, -0.1) is 0 Å². The lowest BCUT2D eigenvalue weighted by molar-refractivity contribution is 0.174. The molecule has 1 aliphatic carbocycles. The number of hydrogen-bond donors (Lipinski definition) is 2. The average Bonchev–Trinajstić information content (AvgIpc) is 3.03. The molecule has 0 amide bonds. The summed E-state index contributed by atoms with van der Waals surface area (Å²) in [6.07, 6.45) is 3.72. The molecule has 1 aromatic heterocycles. The van der Waals surface area contributed by atoms with Crippen molar-refractivity contribution in [1.82, 2.24) is 4.57 Å². The highest BCUT2D eigenvalue weighted by Gasteiger charge is 2.26. The Balaban J connectivity index is 1.88. The van der Waals surface area contributed by atoms with Crippen LogP contribution in [0.1, 0.15) is 24.0 Å². The van der Waals surface area contributed by atoms with Crippen LogP contribution in [0, 0.1) is 0 Å². The Bertz CT molecular complexity index is 660. The summed E-state index contributed by atoms with van der Waals surface area (Å²) in [5.74, 6) is 1.59. The number of aromatic nitrogens is 1. The fourth-order valence-electron chi connectivity index (χ4n) is 3.04. The van der Waals surface area contributed by atoms with E-state index in [1.807, 2.05) is 0 Å². The molecule has 0 fully saturated rings. The normalized spacial score (nSPS) is 16.2. The molecule has 5 nitrogen and oxygen atoms in total. The van der Waals surface area contributed by atoms with Crippen molar-refractivity contribution in [1.29, 1.82) is 0 Å². The monoisotopic (exact) mass is 273 g/mol. The van der Waals surface area contributed by atoms with Crippen molar-refractivity contribution in [2.45, 2.75) is 25.7 Å².